The summed E-state index contributed by atoms with van der Waals surface area (Å²) in [6.45, 7) is 5.83. The van der Waals surface area contributed by atoms with E-state index < -0.39 is 0 Å². The quantitative estimate of drug-likeness (QED) is 0.688. The fourth-order valence-corrected chi connectivity index (χ4v) is 3.48. The van der Waals surface area contributed by atoms with Crippen LogP contribution in [0, 0.1) is 5.82 Å². The number of rotatable bonds is 6. The minimum Gasteiger partial charge on any atom is -0.468 e. The number of anilines is 1. The van der Waals surface area contributed by atoms with Crippen molar-refractivity contribution in [3.05, 3.63) is 89.6 Å². The van der Waals surface area contributed by atoms with Gasteiger partial charge in [-0.3, -0.25) is 14.6 Å². The molecule has 0 atom stereocenters. The second-order valence-electron chi connectivity index (χ2n) is 7.29. The van der Waals surface area contributed by atoms with E-state index in [9.17, 15) is 9.18 Å². The average molecular weight is 393 g/mol. The number of benzene rings is 2. The predicted molar refractivity (Wildman–Crippen MR) is 110 cm³/mol. The topological polar surface area (TPSA) is 48.7 Å². The van der Waals surface area contributed by atoms with Crippen molar-refractivity contribution in [2.45, 2.75) is 13.1 Å². The molecular formula is C23H24FN3O2. The van der Waals surface area contributed by atoms with Crippen LogP contribution in [-0.4, -0.2) is 41.9 Å². The fourth-order valence-electron chi connectivity index (χ4n) is 3.48. The summed E-state index contributed by atoms with van der Waals surface area (Å²) >= 11 is 0. The molecular weight excluding hydrogens is 369 g/mol. The second kappa shape index (κ2) is 9.03. The highest BCUT2D eigenvalue weighted by Gasteiger charge is 2.18. The van der Waals surface area contributed by atoms with Gasteiger partial charge in [0.1, 0.15) is 11.6 Å². The maximum Gasteiger partial charge on any atom is 0.255 e. The molecule has 0 radical (unpaired) electrons. The average Bonchev–Trinajstić information content (AvgIpc) is 3.24. The number of nitrogens with zero attached hydrogens (tertiary/aromatic N) is 2. The van der Waals surface area contributed by atoms with Crippen molar-refractivity contribution >= 4 is 11.6 Å². The molecule has 1 aliphatic rings. The van der Waals surface area contributed by atoms with Crippen molar-refractivity contribution < 1.29 is 13.6 Å². The third-order valence-electron chi connectivity index (χ3n) is 5.15. The maximum atomic E-state index is 13.0. The number of furan rings is 1. The molecule has 0 saturated carbocycles. The minimum atomic E-state index is -0.354. The Hall–Kier alpha value is -2.96. The molecule has 1 saturated heterocycles. The molecule has 5 nitrogen and oxygen atoms in total. The second-order valence-corrected chi connectivity index (χ2v) is 7.29. The van der Waals surface area contributed by atoms with Crippen LogP contribution in [0.1, 0.15) is 21.7 Å². The van der Waals surface area contributed by atoms with Gasteiger partial charge in [0.25, 0.3) is 5.91 Å². The summed E-state index contributed by atoms with van der Waals surface area (Å²) in [5.74, 6) is 0.412. The molecule has 6 heteroatoms. The Morgan fingerprint density at radius 3 is 2.17 bits per heavy atom. The van der Waals surface area contributed by atoms with E-state index in [1.165, 1.54) is 29.8 Å². The van der Waals surface area contributed by atoms with Gasteiger partial charge >= 0.3 is 0 Å². The molecule has 29 heavy (non-hydrogen) atoms. The Morgan fingerprint density at radius 2 is 1.55 bits per heavy atom. The normalized spacial score (nSPS) is 15.3. The number of hydrogen-bond acceptors (Lipinski definition) is 4. The number of carbonyl (C=O) groups is 1. The highest BCUT2D eigenvalue weighted by Crippen LogP contribution is 2.15. The van der Waals surface area contributed by atoms with Crippen molar-refractivity contribution in [2.24, 2.45) is 0 Å². The number of carbonyl (C=O) groups excluding carboxylic acids is 1. The minimum absolute atomic E-state index is 0.245. The lowest BCUT2D eigenvalue weighted by molar-refractivity contribution is 0.102. The highest BCUT2D eigenvalue weighted by molar-refractivity contribution is 6.04. The van der Waals surface area contributed by atoms with E-state index in [2.05, 4.69) is 15.1 Å². The van der Waals surface area contributed by atoms with Crippen molar-refractivity contribution in [3.63, 3.8) is 0 Å². The third-order valence-corrected chi connectivity index (χ3v) is 5.15. The molecule has 2 heterocycles. The molecule has 2 aromatic carbocycles. The summed E-state index contributed by atoms with van der Waals surface area (Å²) in [5, 5.41) is 2.84. The van der Waals surface area contributed by atoms with Crippen molar-refractivity contribution in [3.8, 4) is 0 Å². The summed E-state index contributed by atoms with van der Waals surface area (Å²) in [4.78, 5) is 17.1. The van der Waals surface area contributed by atoms with Crippen molar-refractivity contribution in [1.29, 1.82) is 0 Å². The first-order chi connectivity index (χ1) is 14.2. The fraction of sp³-hybridized carbons (Fsp3) is 0.261. The summed E-state index contributed by atoms with van der Waals surface area (Å²) < 4.78 is 18.4. The largest absolute Gasteiger partial charge is 0.468 e. The van der Waals surface area contributed by atoms with E-state index in [1.54, 1.807) is 6.26 Å². The van der Waals surface area contributed by atoms with Gasteiger partial charge < -0.3 is 9.73 Å². The van der Waals surface area contributed by atoms with E-state index in [4.69, 9.17) is 4.42 Å². The van der Waals surface area contributed by atoms with Crippen LogP contribution >= 0.6 is 0 Å². The molecule has 1 aliphatic heterocycles. The molecule has 0 bridgehead atoms. The van der Waals surface area contributed by atoms with Gasteiger partial charge in [-0.15, -0.1) is 0 Å². The van der Waals surface area contributed by atoms with Gasteiger partial charge in [0, 0.05) is 44.0 Å². The number of nitrogens with one attached hydrogen (secondary N) is 1. The van der Waals surface area contributed by atoms with Crippen LogP contribution < -0.4 is 5.32 Å². The predicted octanol–water partition coefficient (Wildman–Crippen LogP) is 3.99. The SMILES string of the molecule is O=C(Nc1ccc(CN2CCN(Cc3ccco3)CC2)cc1)c1ccc(F)cc1. The number of hydrogen-bond donors (Lipinski definition) is 1. The first kappa shape index (κ1) is 19.4. The molecule has 1 amide bonds. The third kappa shape index (κ3) is 5.31. The molecule has 0 spiro atoms. The lowest BCUT2D eigenvalue weighted by Gasteiger charge is -2.34. The van der Waals surface area contributed by atoms with Gasteiger partial charge in [0.05, 0.1) is 12.8 Å². The summed E-state index contributed by atoms with van der Waals surface area (Å²) in [7, 11) is 0. The number of amides is 1. The number of piperazine rings is 1. The highest BCUT2D eigenvalue weighted by atomic mass is 19.1. The Labute approximate surface area is 169 Å². The van der Waals surface area contributed by atoms with Crippen molar-refractivity contribution in [1.82, 2.24) is 9.80 Å². The van der Waals surface area contributed by atoms with E-state index in [-0.39, 0.29) is 11.7 Å². The molecule has 0 aliphatic carbocycles. The standard InChI is InChI=1S/C23H24FN3O2/c24-20-7-5-19(6-8-20)23(28)25-21-9-3-18(4-10-21)16-26-11-13-27(14-12-26)17-22-2-1-15-29-22/h1-10,15H,11-14,16-17H2,(H,25,28). The van der Waals surface area contributed by atoms with Gasteiger partial charge in [-0.25, -0.2) is 4.39 Å². The van der Waals surface area contributed by atoms with Crippen LogP contribution in [0.5, 0.6) is 0 Å². The summed E-state index contributed by atoms with van der Waals surface area (Å²) in [6.07, 6.45) is 1.72. The van der Waals surface area contributed by atoms with Crippen LogP contribution in [0.15, 0.2) is 71.3 Å². The molecule has 1 fully saturated rings. The van der Waals surface area contributed by atoms with E-state index >= 15 is 0 Å². The van der Waals surface area contributed by atoms with Gasteiger partial charge in [-0.1, -0.05) is 12.1 Å². The first-order valence-corrected chi connectivity index (χ1v) is 9.79. The molecule has 150 valence electrons. The maximum absolute atomic E-state index is 13.0. The Bertz CT molecular complexity index is 916. The Kier molecular flexibility index (Phi) is 6.03. The van der Waals surface area contributed by atoms with Gasteiger partial charge in [-0.05, 0) is 54.1 Å². The Balaban J connectivity index is 1.25. The van der Waals surface area contributed by atoms with Gasteiger partial charge in [-0.2, -0.15) is 0 Å². The first-order valence-electron chi connectivity index (χ1n) is 9.79. The van der Waals surface area contributed by atoms with E-state index in [1.807, 2.05) is 36.4 Å². The zero-order valence-corrected chi connectivity index (χ0v) is 16.2. The van der Waals surface area contributed by atoms with E-state index in [0.717, 1.165) is 50.7 Å². The smallest absolute Gasteiger partial charge is 0.255 e. The molecule has 0 unspecified atom stereocenters. The lowest BCUT2D eigenvalue weighted by atomic mass is 10.1. The zero-order chi connectivity index (χ0) is 20.1. The van der Waals surface area contributed by atoms with Crippen LogP contribution in [0.25, 0.3) is 0 Å². The molecule has 1 aromatic heterocycles. The zero-order valence-electron chi connectivity index (χ0n) is 16.2. The lowest BCUT2D eigenvalue weighted by Crippen LogP contribution is -2.45. The van der Waals surface area contributed by atoms with Crippen LogP contribution in [0.3, 0.4) is 0 Å². The molecule has 4 rings (SSSR count). The summed E-state index contributed by atoms with van der Waals surface area (Å²) in [5.41, 5.74) is 2.37. The van der Waals surface area contributed by atoms with Crippen LogP contribution in [0.2, 0.25) is 0 Å². The monoisotopic (exact) mass is 393 g/mol. The van der Waals surface area contributed by atoms with Crippen LogP contribution in [-0.2, 0) is 13.1 Å². The van der Waals surface area contributed by atoms with Crippen molar-refractivity contribution in [2.75, 3.05) is 31.5 Å². The summed E-state index contributed by atoms with van der Waals surface area (Å²) in [6, 6.07) is 17.4. The number of halogens is 1. The Morgan fingerprint density at radius 1 is 0.897 bits per heavy atom. The molecule has 1 N–H and O–H groups in total. The van der Waals surface area contributed by atoms with Gasteiger partial charge in [0.2, 0.25) is 0 Å². The molecule has 3 aromatic rings. The van der Waals surface area contributed by atoms with E-state index in [0.29, 0.717) is 5.56 Å². The van der Waals surface area contributed by atoms with Gasteiger partial charge in [0.15, 0.2) is 0 Å². The van der Waals surface area contributed by atoms with Crippen LogP contribution in [0.4, 0.5) is 10.1 Å².